The van der Waals surface area contributed by atoms with Crippen LogP contribution < -0.4 is 5.73 Å². The van der Waals surface area contributed by atoms with Crippen LogP contribution in [0, 0.1) is 0 Å². The van der Waals surface area contributed by atoms with Crippen molar-refractivity contribution in [3.05, 3.63) is 57.6 Å². The molecule has 0 bridgehead atoms. The first-order chi connectivity index (χ1) is 15.6. The fourth-order valence-corrected chi connectivity index (χ4v) is 5.87. The highest BCUT2D eigenvalue weighted by Gasteiger charge is 2.46. The lowest BCUT2D eigenvalue weighted by atomic mass is 9.64. The van der Waals surface area contributed by atoms with Crippen molar-refractivity contribution in [3.63, 3.8) is 0 Å². The van der Waals surface area contributed by atoms with E-state index in [1.54, 1.807) is 0 Å². The van der Waals surface area contributed by atoms with Crippen LogP contribution in [-0.4, -0.2) is 33.5 Å². The first-order valence-corrected chi connectivity index (χ1v) is 12.2. The summed E-state index contributed by atoms with van der Waals surface area (Å²) in [6, 6.07) is 7.97. The second-order valence-corrected chi connectivity index (χ2v) is 10.7. The maximum atomic E-state index is 13.8. The van der Waals surface area contributed by atoms with Crippen molar-refractivity contribution in [3.8, 4) is 0 Å². The van der Waals surface area contributed by atoms with Crippen LogP contribution in [0.4, 0.5) is 13.2 Å². The Morgan fingerprint density at radius 1 is 1.15 bits per heavy atom. The van der Waals surface area contributed by atoms with E-state index < -0.39 is 11.9 Å². The maximum Gasteiger partial charge on any atom is 0.433 e. The molecule has 0 radical (unpaired) electrons. The van der Waals surface area contributed by atoms with Crippen LogP contribution in [0.15, 0.2) is 24.3 Å². The van der Waals surface area contributed by atoms with E-state index in [9.17, 15) is 13.2 Å². The van der Waals surface area contributed by atoms with Gasteiger partial charge in [-0.1, -0.05) is 23.7 Å². The maximum absolute atomic E-state index is 13.8. The van der Waals surface area contributed by atoms with Crippen LogP contribution in [-0.2, 0) is 24.6 Å². The third kappa shape index (κ3) is 4.28. The van der Waals surface area contributed by atoms with Gasteiger partial charge in [-0.25, -0.2) is 9.97 Å². The number of hydrogen-bond donors (Lipinski definition) is 1. The summed E-state index contributed by atoms with van der Waals surface area (Å²) in [4.78, 5) is 11.0. The highest BCUT2D eigenvalue weighted by Crippen LogP contribution is 2.47. The zero-order valence-electron chi connectivity index (χ0n) is 18.9. The summed E-state index contributed by atoms with van der Waals surface area (Å²) >= 11 is 6.25. The number of halogens is 4. The Morgan fingerprint density at radius 3 is 2.48 bits per heavy atom. The molecule has 2 N–H and O–H groups in total. The number of aromatic nitrogens is 2. The number of rotatable bonds is 4. The smallest absolute Gasteiger partial charge is 0.330 e. The van der Waals surface area contributed by atoms with Gasteiger partial charge in [-0.05, 0) is 69.6 Å². The number of fused-ring (bicyclic) bond motifs is 1. The highest BCUT2D eigenvalue weighted by molar-refractivity contribution is 6.30. The zero-order valence-corrected chi connectivity index (χ0v) is 19.6. The van der Waals surface area contributed by atoms with E-state index in [0.717, 1.165) is 38.5 Å². The van der Waals surface area contributed by atoms with Crippen molar-refractivity contribution in [1.29, 1.82) is 0 Å². The van der Waals surface area contributed by atoms with Gasteiger partial charge in [0.15, 0.2) is 5.69 Å². The van der Waals surface area contributed by atoms with Crippen LogP contribution in [0.2, 0.25) is 5.02 Å². The molecule has 0 saturated heterocycles. The highest BCUT2D eigenvalue weighted by atomic mass is 35.5. The Hall–Kier alpha value is -1.70. The molecule has 1 aromatic heterocycles. The molecule has 178 valence electrons. The largest absolute Gasteiger partial charge is 0.433 e. The normalized spacial score (nSPS) is 28.5. The van der Waals surface area contributed by atoms with E-state index in [2.05, 4.69) is 27.9 Å². The minimum atomic E-state index is -4.44. The van der Waals surface area contributed by atoms with Crippen LogP contribution in [0.3, 0.4) is 0 Å². The molecular formula is C25H30ClF3N4. The second kappa shape index (κ2) is 8.21. The monoisotopic (exact) mass is 478 g/mol. The molecule has 0 spiro atoms. The molecule has 0 unspecified atom stereocenters. The minimum absolute atomic E-state index is 0.0833. The molecule has 4 nitrogen and oxygen atoms in total. The van der Waals surface area contributed by atoms with E-state index in [4.69, 9.17) is 17.3 Å². The molecule has 0 amide bonds. The summed E-state index contributed by atoms with van der Waals surface area (Å²) in [7, 11) is 0. The van der Waals surface area contributed by atoms with E-state index in [0.29, 0.717) is 42.6 Å². The number of nitrogens with two attached hydrogens (primary N) is 1. The summed E-state index contributed by atoms with van der Waals surface area (Å²) < 4.78 is 41.3. The number of hydrogen-bond acceptors (Lipinski definition) is 4. The molecule has 2 aromatic rings. The van der Waals surface area contributed by atoms with Gasteiger partial charge in [0.05, 0.1) is 5.69 Å². The lowest BCUT2D eigenvalue weighted by Crippen LogP contribution is -2.54. The van der Waals surface area contributed by atoms with Gasteiger partial charge in [-0.2, -0.15) is 13.2 Å². The molecule has 33 heavy (non-hydrogen) atoms. The third-order valence-electron chi connectivity index (χ3n) is 8.17. The number of benzene rings is 1. The minimum Gasteiger partial charge on any atom is -0.330 e. The fourth-order valence-electron chi connectivity index (χ4n) is 5.68. The Bertz CT molecular complexity index is 1040. The van der Waals surface area contributed by atoms with Gasteiger partial charge >= 0.3 is 6.18 Å². The molecule has 1 aliphatic heterocycles. The van der Waals surface area contributed by atoms with E-state index in [1.807, 2.05) is 18.2 Å². The van der Waals surface area contributed by atoms with Gasteiger partial charge in [0, 0.05) is 47.1 Å². The lowest BCUT2D eigenvalue weighted by Gasteiger charge is -2.51. The predicted octanol–water partition coefficient (Wildman–Crippen LogP) is 5.61. The van der Waals surface area contributed by atoms with Crippen molar-refractivity contribution in [2.75, 3.05) is 13.1 Å². The summed E-state index contributed by atoms with van der Waals surface area (Å²) in [6.45, 7) is 3.83. The average molecular weight is 479 g/mol. The van der Waals surface area contributed by atoms with Gasteiger partial charge in [0.1, 0.15) is 5.82 Å². The van der Waals surface area contributed by atoms with Crippen LogP contribution >= 0.6 is 11.6 Å². The van der Waals surface area contributed by atoms with Crippen molar-refractivity contribution in [2.24, 2.45) is 5.73 Å². The molecule has 8 heteroatoms. The van der Waals surface area contributed by atoms with E-state index >= 15 is 0 Å². The third-order valence-corrected chi connectivity index (χ3v) is 8.40. The molecule has 5 rings (SSSR count). The molecule has 2 heterocycles. The van der Waals surface area contributed by atoms with Crippen molar-refractivity contribution >= 4 is 11.6 Å². The lowest BCUT2D eigenvalue weighted by molar-refractivity contribution is -0.142. The molecular weight excluding hydrogens is 449 g/mol. The van der Waals surface area contributed by atoms with E-state index in [1.165, 1.54) is 5.56 Å². The van der Waals surface area contributed by atoms with Crippen molar-refractivity contribution < 1.29 is 13.2 Å². The summed E-state index contributed by atoms with van der Waals surface area (Å²) in [5.74, 6) is 0.458. The molecule has 3 aliphatic rings. The molecule has 0 atom stereocenters. The van der Waals surface area contributed by atoms with Gasteiger partial charge in [0.25, 0.3) is 0 Å². The van der Waals surface area contributed by atoms with Crippen molar-refractivity contribution in [1.82, 2.24) is 14.9 Å². The molecule has 2 aliphatic carbocycles. The molecule has 1 aromatic carbocycles. The Morgan fingerprint density at radius 2 is 1.88 bits per heavy atom. The first kappa shape index (κ1) is 23.1. The van der Waals surface area contributed by atoms with Gasteiger partial charge in [-0.3, -0.25) is 4.90 Å². The summed E-state index contributed by atoms with van der Waals surface area (Å²) in [6.07, 6.45) is 1.36. The van der Waals surface area contributed by atoms with E-state index in [-0.39, 0.29) is 22.4 Å². The number of alkyl halides is 3. The standard InChI is InChI=1S/C25H30ClF3N4/c1-23(8-10-24(15-30,11-9-23)17-3-2-4-18(26)13-17)33-12-7-19-20(14-33)31-22(16-5-6-16)32-21(19)25(27,28)29/h2-4,13,16H,5-12,14-15,30H2,1H3. The zero-order chi connectivity index (χ0) is 23.4. The first-order valence-electron chi connectivity index (χ1n) is 11.8. The SMILES string of the molecule is CC1(N2CCc3c(nc(C4CC4)nc3C(F)(F)F)C2)CCC(CN)(c2cccc(Cl)c2)CC1. The average Bonchev–Trinajstić information content (AvgIpc) is 3.64. The van der Waals surface area contributed by atoms with Crippen LogP contribution in [0.1, 0.15) is 79.7 Å². The van der Waals surface area contributed by atoms with Crippen molar-refractivity contribution in [2.45, 2.75) is 81.5 Å². The summed E-state index contributed by atoms with van der Waals surface area (Å²) in [5, 5.41) is 0.716. The van der Waals surface area contributed by atoms with Crippen LogP contribution in [0.25, 0.3) is 0 Å². The van der Waals surface area contributed by atoms with Gasteiger partial charge < -0.3 is 5.73 Å². The number of nitrogens with zero attached hydrogens (tertiary/aromatic N) is 3. The van der Waals surface area contributed by atoms with Gasteiger partial charge in [0.2, 0.25) is 0 Å². The Labute approximate surface area is 197 Å². The second-order valence-electron chi connectivity index (χ2n) is 10.3. The summed E-state index contributed by atoms with van der Waals surface area (Å²) in [5.41, 5.74) is 7.39. The quantitative estimate of drug-likeness (QED) is 0.620. The fraction of sp³-hybridized carbons (Fsp3) is 0.600. The molecule has 2 fully saturated rings. The predicted molar refractivity (Wildman–Crippen MR) is 122 cm³/mol. The Balaban J connectivity index is 1.38. The Kier molecular flexibility index (Phi) is 5.73. The topological polar surface area (TPSA) is 55.0 Å². The van der Waals surface area contributed by atoms with Crippen LogP contribution in [0.5, 0.6) is 0 Å². The van der Waals surface area contributed by atoms with Gasteiger partial charge in [-0.15, -0.1) is 0 Å². The molecule has 2 saturated carbocycles.